The standard InChI is InChI=1S/C33H67NO3/c1-5-6-7-8-9-10-11-12-13-14-15-16-17-18-19-20-21-22-23-24-25-26-27-28-29-37-32(30-33(35)36)31-34(2,3)4/h32H,5-31H2,1-4H3. The Morgan fingerprint density at radius 3 is 1.14 bits per heavy atom. The lowest BCUT2D eigenvalue weighted by atomic mass is 10.0. The summed E-state index contributed by atoms with van der Waals surface area (Å²) in [7, 11) is 6.19. The second kappa shape index (κ2) is 27.0. The number of quaternary nitrogens is 1. The fraction of sp³-hybridized carbons (Fsp3) is 0.970. The van der Waals surface area contributed by atoms with Crippen LogP contribution in [0.15, 0.2) is 0 Å². The maximum Gasteiger partial charge on any atom is 0.112 e. The van der Waals surface area contributed by atoms with Crippen molar-refractivity contribution in [3.05, 3.63) is 0 Å². The molecule has 4 nitrogen and oxygen atoms in total. The number of unbranched alkanes of at least 4 members (excludes halogenated alkanes) is 23. The second-order valence-corrected chi connectivity index (χ2v) is 12.7. The Morgan fingerprint density at radius 1 is 0.568 bits per heavy atom. The van der Waals surface area contributed by atoms with E-state index in [2.05, 4.69) is 28.1 Å². The minimum Gasteiger partial charge on any atom is -0.550 e. The molecule has 0 heterocycles. The molecule has 222 valence electrons. The third-order valence-corrected chi connectivity index (χ3v) is 7.50. The summed E-state index contributed by atoms with van der Waals surface area (Å²) in [5, 5.41) is 10.9. The SMILES string of the molecule is CCCCCCCCCCCCCCCCCCCCCCCCCCOC(CC(=O)[O-])C[N+](C)(C)C. The number of likely N-dealkylation sites (N-methyl/N-ethyl adjacent to an activating group) is 1. The zero-order valence-electron chi connectivity index (χ0n) is 25.8. The largest absolute Gasteiger partial charge is 0.550 e. The third-order valence-electron chi connectivity index (χ3n) is 7.50. The molecule has 0 saturated carbocycles. The number of hydrogen-bond donors (Lipinski definition) is 0. The van der Waals surface area contributed by atoms with Crippen LogP contribution in [0.3, 0.4) is 0 Å². The van der Waals surface area contributed by atoms with Crippen molar-refractivity contribution in [3.8, 4) is 0 Å². The van der Waals surface area contributed by atoms with Crippen molar-refractivity contribution in [1.29, 1.82) is 0 Å². The first-order valence-electron chi connectivity index (χ1n) is 16.5. The van der Waals surface area contributed by atoms with E-state index in [0.29, 0.717) is 17.6 Å². The molecule has 1 unspecified atom stereocenters. The van der Waals surface area contributed by atoms with E-state index in [9.17, 15) is 9.90 Å². The van der Waals surface area contributed by atoms with E-state index in [1.165, 1.54) is 148 Å². The van der Waals surface area contributed by atoms with Crippen LogP contribution in [-0.2, 0) is 9.53 Å². The van der Waals surface area contributed by atoms with E-state index < -0.39 is 5.97 Å². The van der Waals surface area contributed by atoms with Crippen molar-refractivity contribution in [3.63, 3.8) is 0 Å². The zero-order valence-corrected chi connectivity index (χ0v) is 25.8. The molecule has 0 aliphatic carbocycles. The summed E-state index contributed by atoms with van der Waals surface area (Å²) in [6.07, 6.45) is 33.2. The molecule has 0 spiro atoms. The molecule has 0 N–H and O–H groups in total. The molecule has 0 aliphatic rings. The summed E-state index contributed by atoms with van der Waals surface area (Å²) < 4.78 is 6.55. The van der Waals surface area contributed by atoms with Crippen molar-refractivity contribution >= 4 is 5.97 Å². The first kappa shape index (κ1) is 36.4. The number of carboxylic acid groups (broad SMARTS) is 1. The molecule has 0 aromatic rings. The van der Waals surface area contributed by atoms with Crippen molar-refractivity contribution in [1.82, 2.24) is 0 Å². The summed E-state index contributed by atoms with van der Waals surface area (Å²) >= 11 is 0. The smallest absolute Gasteiger partial charge is 0.112 e. The number of rotatable bonds is 30. The Kier molecular flexibility index (Phi) is 26.5. The molecule has 0 saturated heterocycles. The lowest BCUT2D eigenvalue weighted by molar-refractivity contribution is -0.873. The van der Waals surface area contributed by atoms with Gasteiger partial charge >= 0.3 is 0 Å². The van der Waals surface area contributed by atoms with Gasteiger partial charge in [-0.1, -0.05) is 155 Å². The highest BCUT2D eigenvalue weighted by atomic mass is 16.5. The van der Waals surface area contributed by atoms with Crippen LogP contribution in [0.2, 0.25) is 0 Å². The van der Waals surface area contributed by atoms with E-state index in [0.717, 1.165) is 6.42 Å². The predicted octanol–water partition coefficient (Wildman–Crippen LogP) is 8.60. The van der Waals surface area contributed by atoms with Crippen molar-refractivity contribution < 1.29 is 19.1 Å². The Balaban J connectivity index is 3.26. The number of nitrogens with zero attached hydrogens (tertiary/aromatic N) is 1. The maximum absolute atomic E-state index is 10.9. The fourth-order valence-electron chi connectivity index (χ4n) is 5.29. The number of hydrogen-bond acceptors (Lipinski definition) is 3. The first-order valence-corrected chi connectivity index (χ1v) is 16.5. The average Bonchev–Trinajstić information content (AvgIpc) is 2.82. The molecule has 0 amide bonds. The number of carbonyl (C=O) groups is 1. The van der Waals surface area contributed by atoms with Gasteiger partial charge in [0.2, 0.25) is 0 Å². The molecule has 0 aliphatic heterocycles. The molecule has 0 aromatic carbocycles. The molecule has 0 aromatic heterocycles. The molecule has 1 atom stereocenters. The molecular formula is C33H67NO3. The van der Waals surface area contributed by atoms with E-state index in [1.807, 2.05) is 0 Å². The van der Waals surface area contributed by atoms with Gasteiger partial charge < -0.3 is 19.1 Å². The molecule has 0 fully saturated rings. The van der Waals surface area contributed by atoms with E-state index in [4.69, 9.17) is 4.74 Å². The van der Waals surface area contributed by atoms with Crippen LogP contribution in [0, 0.1) is 0 Å². The Morgan fingerprint density at radius 2 is 0.865 bits per heavy atom. The fourth-order valence-corrected chi connectivity index (χ4v) is 5.29. The Hall–Kier alpha value is -0.610. The summed E-state index contributed by atoms with van der Waals surface area (Å²) in [6.45, 7) is 3.66. The monoisotopic (exact) mass is 526 g/mol. The summed E-state index contributed by atoms with van der Waals surface area (Å²) in [5.41, 5.74) is 0. The minimum atomic E-state index is -1.02. The van der Waals surface area contributed by atoms with Gasteiger partial charge in [0.05, 0.1) is 21.1 Å². The van der Waals surface area contributed by atoms with Crippen molar-refractivity contribution in [2.24, 2.45) is 0 Å². The number of ether oxygens (including phenoxy) is 1. The van der Waals surface area contributed by atoms with E-state index in [1.54, 1.807) is 0 Å². The number of carbonyl (C=O) groups excluding carboxylic acids is 1. The lowest BCUT2D eigenvalue weighted by Gasteiger charge is -2.29. The predicted molar refractivity (Wildman–Crippen MR) is 159 cm³/mol. The molecule has 37 heavy (non-hydrogen) atoms. The normalized spacial score (nSPS) is 12.8. The van der Waals surface area contributed by atoms with Gasteiger partial charge in [-0.05, 0) is 6.42 Å². The van der Waals surface area contributed by atoms with E-state index >= 15 is 0 Å². The molecule has 0 bridgehead atoms. The van der Waals surface area contributed by atoms with Crippen LogP contribution in [0.5, 0.6) is 0 Å². The molecule has 4 heteroatoms. The summed E-state index contributed by atoms with van der Waals surface area (Å²) in [6, 6.07) is 0. The van der Waals surface area contributed by atoms with E-state index in [-0.39, 0.29) is 12.5 Å². The lowest BCUT2D eigenvalue weighted by Crippen LogP contribution is -2.44. The Bertz CT molecular complexity index is 475. The van der Waals surface area contributed by atoms with Crippen molar-refractivity contribution in [2.75, 3.05) is 34.3 Å². The summed E-state index contributed by atoms with van der Waals surface area (Å²) in [5.74, 6) is -1.02. The second-order valence-electron chi connectivity index (χ2n) is 12.7. The van der Waals surface area contributed by atoms with Crippen LogP contribution in [0.4, 0.5) is 0 Å². The number of aliphatic carboxylic acids is 1. The van der Waals surface area contributed by atoms with Gasteiger partial charge in [0.15, 0.2) is 0 Å². The van der Waals surface area contributed by atoms with Gasteiger partial charge in [-0.25, -0.2) is 0 Å². The van der Waals surface area contributed by atoms with Gasteiger partial charge in [-0.2, -0.15) is 0 Å². The minimum absolute atomic E-state index is 0.00504. The van der Waals surface area contributed by atoms with Crippen LogP contribution < -0.4 is 5.11 Å². The van der Waals surface area contributed by atoms with Gasteiger partial charge in [0.1, 0.15) is 12.6 Å². The van der Waals surface area contributed by atoms with Crippen molar-refractivity contribution in [2.45, 2.75) is 174 Å². The third kappa shape index (κ3) is 31.5. The van der Waals surface area contributed by atoms with Gasteiger partial charge in [0.25, 0.3) is 0 Å². The molecule has 0 radical (unpaired) electrons. The topological polar surface area (TPSA) is 49.4 Å². The van der Waals surface area contributed by atoms with Crippen LogP contribution in [-0.4, -0.2) is 50.9 Å². The highest BCUT2D eigenvalue weighted by Gasteiger charge is 2.18. The first-order chi connectivity index (χ1) is 17.8. The highest BCUT2D eigenvalue weighted by molar-refractivity contribution is 5.64. The summed E-state index contributed by atoms with van der Waals surface area (Å²) in [4.78, 5) is 10.9. The Labute approximate surface area is 232 Å². The quantitative estimate of drug-likeness (QED) is 0.0696. The van der Waals surface area contributed by atoms with Crippen LogP contribution in [0.25, 0.3) is 0 Å². The number of carboxylic acids is 1. The highest BCUT2D eigenvalue weighted by Crippen LogP contribution is 2.16. The average molecular weight is 526 g/mol. The van der Waals surface area contributed by atoms with Gasteiger partial charge in [-0.15, -0.1) is 0 Å². The van der Waals surface area contributed by atoms with Gasteiger partial charge in [-0.3, -0.25) is 0 Å². The maximum atomic E-state index is 10.9. The van der Waals surface area contributed by atoms with Crippen LogP contribution in [0.1, 0.15) is 167 Å². The zero-order chi connectivity index (χ0) is 27.5. The molecule has 0 rings (SSSR count). The van der Waals surface area contributed by atoms with Crippen LogP contribution >= 0.6 is 0 Å². The van der Waals surface area contributed by atoms with Gasteiger partial charge in [0, 0.05) is 19.0 Å². The molecular weight excluding hydrogens is 458 g/mol.